The third-order valence-corrected chi connectivity index (χ3v) is 2.51. The van der Waals surface area contributed by atoms with Crippen molar-refractivity contribution in [3.05, 3.63) is 29.8 Å². The number of amides is 1. The zero-order valence-electron chi connectivity index (χ0n) is 11.5. The summed E-state index contributed by atoms with van der Waals surface area (Å²) in [7, 11) is 0. The quantitative estimate of drug-likeness (QED) is 0.808. The second-order valence-electron chi connectivity index (χ2n) is 4.60. The number of hydrogen-bond donors (Lipinski definition) is 2. The van der Waals surface area contributed by atoms with Crippen molar-refractivity contribution < 1.29 is 9.53 Å². The number of rotatable bonds is 7. The van der Waals surface area contributed by atoms with Gasteiger partial charge >= 0.3 is 0 Å². The van der Waals surface area contributed by atoms with Crippen molar-refractivity contribution in [2.75, 3.05) is 19.7 Å². The highest BCUT2D eigenvalue weighted by Crippen LogP contribution is 2.13. The maximum absolute atomic E-state index is 11.6. The van der Waals surface area contributed by atoms with E-state index in [9.17, 15) is 4.79 Å². The average Bonchev–Trinajstić information content (AvgIpc) is 2.36. The molecule has 19 heavy (non-hydrogen) atoms. The summed E-state index contributed by atoms with van der Waals surface area (Å²) in [5.74, 6) is 1.33. The Labute approximate surface area is 121 Å². The van der Waals surface area contributed by atoms with Crippen LogP contribution in [0.5, 0.6) is 5.75 Å². The largest absolute Gasteiger partial charge is 0.494 e. The lowest BCUT2D eigenvalue weighted by molar-refractivity contribution is 0.0954. The van der Waals surface area contributed by atoms with Gasteiger partial charge in [0.1, 0.15) is 5.75 Å². The minimum absolute atomic E-state index is 0. The molecule has 0 aromatic heterocycles. The summed E-state index contributed by atoms with van der Waals surface area (Å²) >= 11 is 0. The number of nitrogens with two attached hydrogens (primary N) is 1. The van der Waals surface area contributed by atoms with Crippen molar-refractivity contribution in [1.29, 1.82) is 0 Å². The van der Waals surface area contributed by atoms with Crippen molar-refractivity contribution >= 4 is 18.3 Å². The van der Waals surface area contributed by atoms with Crippen LogP contribution in [0.3, 0.4) is 0 Å². The summed E-state index contributed by atoms with van der Waals surface area (Å²) in [6, 6.07) is 7.16. The minimum Gasteiger partial charge on any atom is -0.494 e. The van der Waals surface area contributed by atoms with E-state index >= 15 is 0 Å². The molecule has 0 aliphatic carbocycles. The molecule has 0 saturated carbocycles. The van der Waals surface area contributed by atoms with E-state index in [4.69, 9.17) is 10.5 Å². The molecule has 0 aliphatic heterocycles. The Kier molecular flexibility index (Phi) is 9.00. The predicted octanol–water partition coefficient (Wildman–Crippen LogP) is 2.22. The fourth-order valence-electron chi connectivity index (χ4n) is 1.40. The molecule has 0 spiro atoms. The Morgan fingerprint density at radius 3 is 2.47 bits per heavy atom. The molecular weight excluding hydrogens is 264 g/mol. The van der Waals surface area contributed by atoms with Crippen molar-refractivity contribution in [2.45, 2.75) is 20.3 Å². The van der Waals surface area contributed by atoms with Gasteiger partial charge in [0, 0.05) is 18.7 Å². The van der Waals surface area contributed by atoms with Crippen molar-refractivity contribution in [3.63, 3.8) is 0 Å². The van der Waals surface area contributed by atoms with E-state index in [0.29, 0.717) is 31.2 Å². The van der Waals surface area contributed by atoms with Crippen LogP contribution in [0, 0.1) is 5.92 Å². The SMILES string of the molecule is CC(C)CCOc1ccc(C(=O)NCCN)cc1.Cl. The zero-order chi connectivity index (χ0) is 13.4. The number of hydrogen-bond acceptors (Lipinski definition) is 3. The first-order chi connectivity index (χ1) is 8.63. The molecular formula is C14H23ClN2O2. The third kappa shape index (κ3) is 7.03. The standard InChI is InChI=1S/C14H22N2O2.ClH/c1-11(2)7-10-18-13-5-3-12(4-6-13)14(17)16-9-8-15;/h3-6,11H,7-10,15H2,1-2H3,(H,16,17);1H. The second kappa shape index (κ2) is 9.64. The van der Waals surface area contributed by atoms with Crippen LogP contribution in [0.15, 0.2) is 24.3 Å². The van der Waals surface area contributed by atoms with E-state index in [0.717, 1.165) is 12.2 Å². The minimum atomic E-state index is -0.103. The Morgan fingerprint density at radius 2 is 1.95 bits per heavy atom. The highest BCUT2D eigenvalue weighted by molar-refractivity contribution is 5.94. The molecule has 0 atom stereocenters. The van der Waals surface area contributed by atoms with Crippen LogP contribution in [0.2, 0.25) is 0 Å². The van der Waals surface area contributed by atoms with Gasteiger partial charge in [0.25, 0.3) is 5.91 Å². The van der Waals surface area contributed by atoms with Crippen LogP contribution >= 0.6 is 12.4 Å². The van der Waals surface area contributed by atoms with Crippen LogP contribution in [-0.4, -0.2) is 25.6 Å². The van der Waals surface area contributed by atoms with Gasteiger partial charge in [0.15, 0.2) is 0 Å². The summed E-state index contributed by atoms with van der Waals surface area (Å²) in [4.78, 5) is 11.6. The van der Waals surface area contributed by atoms with Crippen LogP contribution in [0.4, 0.5) is 0 Å². The van der Waals surface area contributed by atoms with Gasteiger partial charge in [0.2, 0.25) is 0 Å². The van der Waals surface area contributed by atoms with Gasteiger partial charge in [-0.3, -0.25) is 4.79 Å². The van der Waals surface area contributed by atoms with Crippen LogP contribution in [0.1, 0.15) is 30.6 Å². The van der Waals surface area contributed by atoms with E-state index in [1.165, 1.54) is 0 Å². The molecule has 108 valence electrons. The fraction of sp³-hybridized carbons (Fsp3) is 0.500. The number of nitrogens with one attached hydrogen (secondary N) is 1. The van der Waals surface area contributed by atoms with Gasteiger partial charge in [-0.1, -0.05) is 13.8 Å². The summed E-state index contributed by atoms with van der Waals surface area (Å²) in [5, 5.41) is 2.72. The molecule has 1 aromatic carbocycles. The number of ether oxygens (including phenoxy) is 1. The zero-order valence-corrected chi connectivity index (χ0v) is 12.3. The highest BCUT2D eigenvalue weighted by Gasteiger charge is 2.04. The van der Waals surface area contributed by atoms with Crippen molar-refractivity contribution in [1.82, 2.24) is 5.32 Å². The van der Waals surface area contributed by atoms with Gasteiger partial charge in [-0.25, -0.2) is 0 Å². The third-order valence-electron chi connectivity index (χ3n) is 2.51. The molecule has 0 unspecified atom stereocenters. The molecule has 1 rings (SSSR count). The number of halogens is 1. The van der Waals surface area contributed by atoms with E-state index in [2.05, 4.69) is 19.2 Å². The van der Waals surface area contributed by atoms with Gasteiger partial charge in [0.05, 0.1) is 6.61 Å². The molecule has 3 N–H and O–H groups in total. The summed E-state index contributed by atoms with van der Waals surface area (Å²) < 4.78 is 5.58. The van der Waals surface area contributed by atoms with Gasteiger partial charge in [-0.05, 0) is 36.6 Å². The maximum atomic E-state index is 11.6. The molecule has 0 saturated heterocycles. The molecule has 5 heteroatoms. The molecule has 4 nitrogen and oxygen atoms in total. The average molecular weight is 287 g/mol. The monoisotopic (exact) mass is 286 g/mol. The van der Waals surface area contributed by atoms with E-state index in [1.54, 1.807) is 12.1 Å². The summed E-state index contributed by atoms with van der Waals surface area (Å²) in [6.45, 7) is 5.96. The fourth-order valence-corrected chi connectivity index (χ4v) is 1.40. The molecule has 0 bridgehead atoms. The van der Waals surface area contributed by atoms with E-state index < -0.39 is 0 Å². The normalized spacial score (nSPS) is 9.89. The second-order valence-corrected chi connectivity index (χ2v) is 4.60. The molecule has 0 aliphatic rings. The lowest BCUT2D eigenvalue weighted by atomic mass is 10.1. The van der Waals surface area contributed by atoms with E-state index in [-0.39, 0.29) is 18.3 Å². The number of carbonyl (C=O) groups excluding carboxylic acids is 1. The van der Waals surface area contributed by atoms with Gasteiger partial charge in [-0.15, -0.1) is 12.4 Å². The lowest BCUT2D eigenvalue weighted by Crippen LogP contribution is -2.28. The first-order valence-corrected chi connectivity index (χ1v) is 6.34. The molecule has 0 heterocycles. The molecule has 1 amide bonds. The Bertz CT molecular complexity index is 366. The number of carbonyl (C=O) groups is 1. The van der Waals surface area contributed by atoms with Crippen LogP contribution in [-0.2, 0) is 0 Å². The van der Waals surface area contributed by atoms with E-state index in [1.807, 2.05) is 12.1 Å². The topological polar surface area (TPSA) is 64.3 Å². The maximum Gasteiger partial charge on any atom is 0.251 e. The molecule has 0 fully saturated rings. The molecule has 0 radical (unpaired) electrons. The predicted molar refractivity (Wildman–Crippen MR) is 80.0 cm³/mol. The highest BCUT2D eigenvalue weighted by atomic mass is 35.5. The number of benzene rings is 1. The summed E-state index contributed by atoms with van der Waals surface area (Å²) in [6.07, 6.45) is 1.03. The van der Waals surface area contributed by atoms with Crippen LogP contribution < -0.4 is 15.8 Å². The molecule has 1 aromatic rings. The Morgan fingerprint density at radius 1 is 1.32 bits per heavy atom. The lowest BCUT2D eigenvalue weighted by Gasteiger charge is -2.09. The van der Waals surface area contributed by atoms with Crippen molar-refractivity contribution in [2.24, 2.45) is 11.7 Å². The Hall–Kier alpha value is -1.26. The Balaban J connectivity index is 0.00000324. The van der Waals surface area contributed by atoms with Gasteiger partial charge < -0.3 is 15.8 Å². The smallest absolute Gasteiger partial charge is 0.251 e. The van der Waals surface area contributed by atoms with Gasteiger partial charge in [-0.2, -0.15) is 0 Å². The first kappa shape index (κ1) is 17.7. The summed E-state index contributed by atoms with van der Waals surface area (Å²) in [5.41, 5.74) is 5.95. The first-order valence-electron chi connectivity index (χ1n) is 6.34. The van der Waals surface area contributed by atoms with Crippen LogP contribution in [0.25, 0.3) is 0 Å². The van der Waals surface area contributed by atoms with Crippen molar-refractivity contribution in [3.8, 4) is 5.75 Å².